The minimum atomic E-state index is -0.435. The maximum Gasteiger partial charge on any atom is 0.122 e. The molecular weight excluding hydrogens is 276 g/mol. The molecule has 1 heterocycles. The van der Waals surface area contributed by atoms with Gasteiger partial charge in [-0.25, -0.2) is 0 Å². The molecule has 1 aliphatic rings. The number of para-hydroxylation sites is 1. The number of likely N-dealkylation sites (N-methyl/N-ethyl adjacent to an activating group) is 1. The van der Waals surface area contributed by atoms with E-state index in [1.165, 1.54) is 6.42 Å². The predicted molar refractivity (Wildman–Crippen MR) is 90.4 cm³/mol. The maximum atomic E-state index is 10.2. The van der Waals surface area contributed by atoms with Crippen molar-refractivity contribution in [2.75, 3.05) is 39.3 Å². The Balaban J connectivity index is 1.74. The lowest BCUT2D eigenvalue weighted by molar-refractivity contribution is 0.0727. The lowest BCUT2D eigenvalue weighted by Gasteiger charge is -2.26. The Morgan fingerprint density at radius 1 is 1.32 bits per heavy atom. The van der Waals surface area contributed by atoms with Crippen molar-refractivity contribution in [1.29, 1.82) is 0 Å². The summed E-state index contributed by atoms with van der Waals surface area (Å²) in [6.45, 7) is 11.9. The molecule has 0 amide bonds. The normalized spacial score (nSPS) is 20.5. The smallest absolute Gasteiger partial charge is 0.122 e. The second kappa shape index (κ2) is 8.51. The third-order valence-corrected chi connectivity index (χ3v) is 4.57. The number of ether oxygens (including phenoxy) is 1. The van der Waals surface area contributed by atoms with Gasteiger partial charge in [-0.3, -0.25) is 9.80 Å². The van der Waals surface area contributed by atoms with E-state index in [1.54, 1.807) is 0 Å². The van der Waals surface area contributed by atoms with E-state index in [0.717, 1.165) is 37.5 Å². The van der Waals surface area contributed by atoms with Crippen LogP contribution in [0.4, 0.5) is 0 Å². The molecular formula is C18H30N2O2. The molecule has 0 spiro atoms. The molecule has 1 aromatic rings. The van der Waals surface area contributed by atoms with Crippen LogP contribution in [-0.2, 0) is 0 Å². The zero-order chi connectivity index (χ0) is 15.9. The third kappa shape index (κ3) is 4.70. The van der Waals surface area contributed by atoms with Gasteiger partial charge in [0.15, 0.2) is 0 Å². The fraction of sp³-hybridized carbons (Fsp3) is 0.667. The van der Waals surface area contributed by atoms with Gasteiger partial charge in [-0.05, 0) is 44.6 Å². The van der Waals surface area contributed by atoms with Crippen molar-refractivity contribution >= 4 is 0 Å². The van der Waals surface area contributed by atoms with Crippen molar-refractivity contribution in [2.24, 2.45) is 0 Å². The molecule has 1 N–H and O–H groups in total. The van der Waals surface area contributed by atoms with E-state index in [4.69, 9.17) is 4.74 Å². The summed E-state index contributed by atoms with van der Waals surface area (Å²) < 4.78 is 5.74. The lowest BCUT2D eigenvalue weighted by Crippen LogP contribution is -2.39. The van der Waals surface area contributed by atoms with Gasteiger partial charge >= 0.3 is 0 Å². The second-order valence-electron chi connectivity index (χ2n) is 6.15. The summed E-state index contributed by atoms with van der Waals surface area (Å²) in [5, 5.41) is 10.2. The van der Waals surface area contributed by atoms with Crippen LogP contribution in [0, 0.1) is 6.92 Å². The first-order chi connectivity index (χ1) is 10.6. The van der Waals surface area contributed by atoms with Gasteiger partial charge in [0.25, 0.3) is 0 Å². The second-order valence-corrected chi connectivity index (χ2v) is 6.15. The molecule has 0 bridgehead atoms. The van der Waals surface area contributed by atoms with Crippen molar-refractivity contribution in [3.05, 3.63) is 29.8 Å². The summed E-state index contributed by atoms with van der Waals surface area (Å²) in [6, 6.07) is 8.57. The average molecular weight is 306 g/mol. The molecule has 2 rings (SSSR count). The highest BCUT2D eigenvalue weighted by atomic mass is 16.5. The van der Waals surface area contributed by atoms with Crippen LogP contribution in [-0.4, -0.2) is 66.4 Å². The molecule has 1 saturated heterocycles. The Hall–Kier alpha value is -1.10. The number of hydrogen-bond donors (Lipinski definition) is 1. The number of aryl methyl sites for hydroxylation is 1. The highest BCUT2D eigenvalue weighted by molar-refractivity contribution is 5.31. The standard InChI is InChI=1S/C18H30N2O2/c1-4-20(5-2)16-10-11-19(12-16)13-17(21)14-22-18-9-7-6-8-15(18)3/h6-9,16-17,21H,4-5,10-14H2,1-3H3. The fourth-order valence-electron chi connectivity index (χ4n) is 3.27. The van der Waals surface area contributed by atoms with Crippen molar-refractivity contribution < 1.29 is 9.84 Å². The molecule has 124 valence electrons. The van der Waals surface area contributed by atoms with E-state index >= 15 is 0 Å². The molecule has 0 radical (unpaired) electrons. The molecule has 2 atom stereocenters. The lowest BCUT2D eigenvalue weighted by atomic mass is 10.2. The minimum absolute atomic E-state index is 0.358. The maximum absolute atomic E-state index is 10.2. The van der Waals surface area contributed by atoms with Crippen molar-refractivity contribution in [3.8, 4) is 5.75 Å². The molecule has 0 aromatic heterocycles. The Labute approximate surface area is 134 Å². The van der Waals surface area contributed by atoms with Crippen molar-refractivity contribution in [1.82, 2.24) is 9.80 Å². The van der Waals surface area contributed by atoms with Crippen LogP contribution in [0.3, 0.4) is 0 Å². The summed E-state index contributed by atoms with van der Waals surface area (Å²) in [5.74, 6) is 0.865. The largest absolute Gasteiger partial charge is 0.491 e. The van der Waals surface area contributed by atoms with Crippen LogP contribution in [0.2, 0.25) is 0 Å². The first-order valence-electron chi connectivity index (χ1n) is 8.46. The summed E-state index contributed by atoms with van der Waals surface area (Å²) in [5.41, 5.74) is 1.11. The van der Waals surface area contributed by atoms with E-state index in [1.807, 2.05) is 31.2 Å². The van der Waals surface area contributed by atoms with Crippen LogP contribution in [0.5, 0.6) is 5.75 Å². The number of β-amino-alcohol motifs (C(OH)–C–C–N with tert-alkyl or cyclic N) is 1. The van der Waals surface area contributed by atoms with E-state index in [-0.39, 0.29) is 0 Å². The van der Waals surface area contributed by atoms with E-state index < -0.39 is 6.10 Å². The average Bonchev–Trinajstić information content (AvgIpc) is 2.96. The van der Waals surface area contributed by atoms with Crippen molar-refractivity contribution in [3.63, 3.8) is 0 Å². The fourth-order valence-corrected chi connectivity index (χ4v) is 3.27. The van der Waals surface area contributed by atoms with Crippen molar-refractivity contribution in [2.45, 2.75) is 39.3 Å². The number of rotatable bonds is 8. The number of nitrogens with zero attached hydrogens (tertiary/aromatic N) is 2. The molecule has 0 saturated carbocycles. The molecule has 4 nitrogen and oxygen atoms in total. The molecule has 1 aromatic carbocycles. The molecule has 4 heteroatoms. The Bertz CT molecular complexity index is 448. The van der Waals surface area contributed by atoms with Gasteiger partial charge in [0.1, 0.15) is 18.5 Å². The highest BCUT2D eigenvalue weighted by Crippen LogP contribution is 2.18. The highest BCUT2D eigenvalue weighted by Gasteiger charge is 2.27. The summed E-state index contributed by atoms with van der Waals surface area (Å²) >= 11 is 0. The first-order valence-corrected chi connectivity index (χ1v) is 8.46. The molecule has 22 heavy (non-hydrogen) atoms. The number of benzene rings is 1. The molecule has 2 unspecified atom stereocenters. The minimum Gasteiger partial charge on any atom is -0.491 e. The molecule has 1 fully saturated rings. The first kappa shape index (κ1) is 17.3. The van der Waals surface area contributed by atoms with Crippen LogP contribution < -0.4 is 4.74 Å². The predicted octanol–water partition coefficient (Wildman–Crippen LogP) is 2.15. The van der Waals surface area contributed by atoms with E-state index in [9.17, 15) is 5.11 Å². The van der Waals surface area contributed by atoms with Gasteiger partial charge in [-0.1, -0.05) is 32.0 Å². The third-order valence-electron chi connectivity index (χ3n) is 4.57. The van der Waals surface area contributed by atoms with Gasteiger partial charge in [-0.15, -0.1) is 0 Å². The zero-order valence-electron chi connectivity index (χ0n) is 14.2. The number of aliphatic hydroxyl groups excluding tert-OH is 1. The van der Waals surface area contributed by atoms with Gasteiger partial charge in [0.2, 0.25) is 0 Å². The quantitative estimate of drug-likeness (QED) is 0.798. The number of hydrogen-bond acceptors (Lipinski definition) is 4. The number of likely N-dealkylation sites (tertiary alicyclic amines) is 1. The summed E-state index contributed by atoms with van der Waals surface area (Å²) in [4.78, 5) is 4.87. The molecule has 1 aliphatic heterocycles. The Morgan fingerprint density at radius 2 is 2.05 bits per heavy atom. The zero-order valence-corrected chi connectivity index (χ0v) is 14.2. The van der Waals surface area contributed by atoms with Gasteiger partial charge in [0.05, 0.1) is 0 Å². The molecule has 0 aliphatic carbocycles. The van der Waals surface area contributed by atoms with Crippen LogP contribution in [0.25, 0.3) is 0 Å². The summed E-state index contributed by atoms with van der Waals surface area (Å²) in [7, 11) is 0. The Kier molecular flexibility index (Phi) is 6.68. The topological polar surface area (TPSA) is 35.9 Å². The monoisotopic (exact) mass is 306 g/mol. The van der Waals surface area contributed by atoms with Gasteiger partial charge in [0, 0.05) is 19.1 Å². The van der Waals surface area contributed by atoms with Gasteiger partial charge in [-0.2, -0.15) is 0 Å². The van der Waals surface area contributed by atoms with E-state index in [2.05, 4.69) is 23.6 Å². The van der Waals surface area contributed by atoms with Gasteiger partial charge < -0.3 is 9.84 Å². The van der Waals surface area contributed by atoms with Crippen LogP contribution in [0.15, 0.2) is 24.3 Å². The van der Waals surface area contributed by atoms with E-state index in [0.29, 0.717) is 19.2 Å². The number of aliphatic hydroxyl groups is 1. The van der Waals surface area contributed by atoms with Crippen LogP contribution in [0.1, 0.15) is 25.8 Å². The Morgan fingerprint density at radius 3 is 2.73 bits per heavy atom. The summed E-state index contributed by atoms with van der Waals surface area (Å²) in [6.07, 6.45) is 0.766. The van der Waals surface area contributed by atoms with Crippen LogP contribution >= 0.6 is 0 Å². The SMILES string of the molecule is CCN(CC)C1CCN(CC(O)COc2ccccc2C)C1.